The summed E-state index contributed by atoms with van der Waals surface area (Å²) in [5, 5.41) is 17.6. The zero-order chi connectivity index (χ0) is 10.8. The van der Waals surface area contributed by atoms with E-state index in [-0.39, 0.29) is 12.1 Å². The van der Waals surface area contributed by atoms with E-state index in [2.05, 4.69) is 30.3 Å². The van der Waals surface area contributed by atoms with Crippen LogP contribution in [0.3, 0.4) is 0 Å². The number of aromatic nitrogens is 2. The maximum Gasteiger partial charge on any atom is 0.0917 e. The summed E-state index contributed by atoms with van der Waals surface area (Å²) in [5.41, 5.74) is 2.34. The van der Waals surface area contributed by atoms with Gasteiger partial charge in [-0.2, -0.15) is 5.10 Å². The van der Waals surface area contributed by atoms with Crippen LogP contribution in [-0.4, -0.2) is 34.1 Å². The van der Waals surface area contributed by atoms with Crippen molar-refractivity contribution in [1.29, 1.82) is 0 Å². The lowest BCUT2D eigenvalue weighted by Gasteiger charge is -2.16. The van der Waals surface area contributed by atoms with Crippen LogP contribution in [0.15, 0.2) is 6.07 Å². The molecule has 0 saturated carbocycles. The van der Waals surface area contributed by atoms with Gasteiger partial charge in [0, 0.05) is 18.8 Å². The Labute approximate surface area is 90.3 Å². The maximum atomic E-state index is 9.82. The molecule has 1 aliphatic heterocycles. The molecule has 1 aliphatic rings. The third-order valence-electron chi connectivity index (χ3n) is 3.05. The predicted octanol–water partition coefficient (Wildman–Crippen LogP) is 0.513. The molecule has 1 saturated heterocycles. The van der Waals surface area contributed by atoms with Crippen molar-refractivity contribution in [2.75, 3.05) is 13.1 Å². The molecule has 15 heavy (non-hydrogen) atoms. The Bertz CT molecular complexity index is 335. The van der Waals surface area contributed by atoms with Crippen molar-refractivity contribution >= 4 is 0 Å². The monoisotopic (exact) mass is 209 g/mol. The van der Waals surface area contributed by atoms with Crippen LogP contribution in [-0.2, 0) is 12.8 Å². The normalized spacial score (nSPS) is 26.1. The predicted molar refractivity (Wildman–Crippen MR) is 58.9 cm³/mol. The molecule has 2 atom stereocenters. The third kappa shape index (κ3) is 1.92. The van der Waals surface area contributed by atoms with Crippen LogP contribution in [0.4, 0.5) is 0 Å². The minimum Gasteiger partial charge on any atom is -0.390 e. The Balaban J connectivity index is 2.29. The highest BCUT2D eigenvalue weighted by Gasteiger charge is 2.28. The van der Waals surface area contributed by atoms with E-state index in [1.165, 1.54) is 5.69 Å². The zero-order valence-electron chi connectivity index (χ0n) is 9.40. The van der Waals surface area contributed by atoms with E-state index in [0.717, 1.165) is 25.1 Å². The number of hydrogen-bond donors (Lipinski definition) is 2. The molecule has 0 spiro atoms. The lowest BCUT2D eigenvalue weighted by Crippen LogP contribution is -2.24. The van der Waals surface area contributed by atoms with Crippen LogP contribution in [0.25, 0.3) is 0 Å². The Kier molecular flexibility index (Phi) is 3.07. The largest absolute Gasteiger partial charge is 0.390 e. The Hall–Kier alpha value is -0.870. The molecule has 1 fully saturated rings. The van der Waals surface area contributed by atoms with Crippen molar-refractivity contribution in [3.8, 4) is 0 Å². The fraction of sp³-hybridized carbons (Fsp3) is 0.727. The van der Waals surface area contributed by atoms with Crippen molar-refractivity contribution in [3.63, 3.8) is 0 Å². The summed E-state index contributed by atoms with van der Waals surface area (Å²) in [6, 6.07) is 2.26. The van der Waals surface area contributed by atoms with Crippen molar-refractivity contribution < 1.29 is 5.11 Å². The summed E-state index contributed by atoms with van der Waals surface area (Å²) in [5.74, 6) is 0. The first-order chi connectivity index (χ1) is 7.26. The third-order valence-corrected chi connectivity index (χ3v) is 3.05. The molecule has 0 radical (unpaired) electrons. The molecule has 1 aromatic heterocycles. The molecule has 2 unspecified atom stereocenters. The number of aliphatic hydroxyl groups excluding tert-OH is 1. The second kappa shape index (κ2) is 4.33. The van der Waals surface area contributed by atoms with E-state index in [4.69, 9.17) is 0 Å². The van der Waals surface area contributed by atoms with Gasteiger partial charge in [0.2, 0.25) is 0 Å². The van der Waals surface area contributed by atoms with Crippen molar-refractivity contribution in [3.05, 3.63) is 17.5 Å². The van der Waals surface area contributed by atoms with Gasteiger partial charge in [0.1, 0.15) is 0 Å². The van der Waals surface area contributed by atoms with Crippen LogP contribution in [0, 0.1) is 0 Å². The van der Waals surface area contributed by atoms with E-state index in [9.17, 15) is 5.11 Å². The Morgan fingerprint density at radius 1 is 1.47 bits per heavy atom. The van der Waals surface area contributed by atoms with Crippen molar-refractivity contribution in [2.45, 2.75) is 38.8 Å². The fourth-order valence-electron chi connectivity index (χ4n) is 2.11. The topological polar surface area (TPSA) is 50.1 Å². The molecule has 2 N–H and O–H groups in total. The maximum absolute atomic E-state index is 9.82. The Morgan fingerprint density at radius 3 is 2.80 bits per heavy atom. The zero-order valence-corrected chi connectivity index (χ0v) is 9.40. The first-order valence-electron chi connectivity index (χ1n) is 5.72. The van der Waals surface area contributed by atoms with Crippen molar-refractivity contribution in [2.24, 2.45) is 0 Å². The lowest BCUT2D eigenvalue weighted by molar-refractivity contribution is 0.143. The molecule has 84 valence electrons. The van der Waals surface area contributed by atoms with Gasteiger partial charge in [-0.25, -0.2) is 0 Å². The van der Waals surface area contributed by atoms with Gasteiger partial charge in [-0.1, -0.05) is 13.8 Å². The van der Waals surface area contributed by atoms with E-state index in [0.29, 0.717) is 6.54 Å². The highest BCUT2D eigenvalue weighted by atomic mass is 16.3. The number of β-amino-alcohol motifs (C(OH)–C–C–N with tert-alkyl or cyclic N) is 1. The van der Waals surface area contributed by atoms with Gasteiger partial charge in [-0.15, -0.1) is 0 Å². The van der Waals surface area contributed by atoms with E-state index >= 15 is 0 Å². The smallest absolute Gasteiger partial charge is 0.0917 e. The quantitative estimate of drug-likeness (QED) is 0.762. The molecule has 4 heteroatoms. The molecule has 1 aromatic rings. The Morgan fingerprint density at radius 2 is 2.27 bits per heavy atom. The summed E-state index contributed by atoms with van der Waals surface area (Å²) in [4.78, 5) is 0. The van der Waals surface area contributed by atoms with E-state index in [1.54, 1.807) is 0 Å². The number of aryl methyl sites for hydroxylation is 2. The van der Waals surface area contributed by atoms with Gasteiger partial charge in [-0.3, -0.25) is 4.68 Å². The van der Waals surface area contributed by atoms with Crippen LogP contribution >= 0.6 is 0 Å². The molecule has 2 heterocycles. The SMILES string of the molecule is CCc1cc(CC)n(C2CNCC2O)n1. The van der Waals surface area contributed by atoms with Crippen LogP contribution < -0.4 is 5.32 Å². The summed E-state index contributed by atoms with van der Waals surface area (Å²) < 4.78 is 2.00. The van der Waals surface area contributed by atoms with Gasteiger partial charge in [0.25, 0.3) is 0 Å². The average molecular weight is 209 g/mol. The molecular formula is C11H19N3O. The van der Waals surface area contributed by atoms with Gasteiger partial charge in [0.05, 0.1) is 17.8 Å². The summed E-state index contributed by atoms with van der Waals surface area (Å²) in [7, 11) is 0. The highest BCUT2D eigenvalue weighted by Crippen LogP contribution is 2.19. The van der Waals surface area contributed by atoms with Crippen LogP contribution in [0.5, 0.6) is 0 Å². The summed E-state index contributed by atoms with van der Waals surface area (Å²) in [6.07, 6.45) is 1.62. The van der Waals surface area contributed by atoms with E-state index in [1.807, 2.05) is 4.68 Å². The fourth-order valence-corrected chi connectivity index (χ4v) is 2.11. The molecule has 0 aromatic carbocycles. The van der Waals surface area contributed by atoms with Gasteiger partial charge >= 0.3 is 0 Å². The first kappa shape index (κ1) is 10.6. The van der Waals surface area contributed by atoms with Gasteiger partial charge in [-0.05, 0) is 18.9 Å². The lowest BCUT2D eigenvalue weighted by atomic mass is 10.2. The number of hydrogen-bond acceptors (Lipinski definition) is 3. The molecule has 4 nitrogen and oxygen atoms in total. The van der Waals surface area contributed by atoms with Gasteiger partial charge < -0.3 is 10.4 Å². The summed E-state index contributed by atoms with van der Waals surface area (Å²) >= 11 is 0. The number of nitrogens with one attached hydrogen (secondary N) is 1. The van der Waals surface area contributed by atoms with E-state index < -0.39 is 0 Å². The minimum absolute atomic E-state index is 0.111. The number of aliphatic hydroxyl groups is 1. The number of nitrogens with zero attached hydrogens (tertiary/aromatic N) is 2. The van der Waals surface area contributed by atoms with Crippen LogP contribution in [0.1, 0.15) is 31.3 Å². The second-order valence-electron chi connectivity index (χ2n) is 4.07. The minimum atomic E-state index is -0.306. The van der Waals surface area contributed by atoms with Gasteiger partial charge in [0.15, 0.2) is 0 Å². The molecule has 0 bridgehead atoms. The van der Waals surface area contributed by atoms with Crippen molar-refractivity contribution in [1.82, 2.24) is 15.1 Å². The molecule has 0 aliphatic carbocycles. The highest BCUT2D eigenvalue weighted by molar-refractivity contribution is 5.12. The second-order valence-corrected chi connectivity index (χ2v) is 4.07. The molecule has 2 rings (SSSR count). The molecular weight excluding hydrogens is 190 g/mol. The summed E-state index contributed by atoms with van der Waals surface area (Å²) in [6.45, 7) is 5.73. The average Bonchev–Trinajstić information content (AvgIpc) is 2.82. The first-order valence-corrected chi connectivity index (χ1v) is 5.72. The van der Waals surface area contributed by atoms with Crippen LogP contribution in [0.2, 0.25) is 0 Å². The molecule has 0 amide bonds. The number of rotatable bonds is 3. The standard InChI is InChI=1S/C11H19N3O/c1-3-8-5-9(4-2)14(13-8)10-6-12-7-11(10)15/h5,10-12,15H,3-4,6-7H2,1-2H3.